The van der Waals surface area contributed by atoms with E-state index in [1.54, 1.807) is 0 Å². The third-order valence-electron chi connectivity index (χ3n) is 3.89. The zero-order valence-corrected chi connectivity index (χ0v) is 13.2. The predicted molar refractivity (Wildman–Crippen MR) is 83.4 cm³/mol. The van der Waals surface area contributed by atoms with E-state index in [0.29, 0.717) is 16.6 Å². The molecule has 110 valence electrons. The molecule has 1 amide bonds. The van der Waals surface area contributed by atoms with Gasteiger partial charge in [0.15, 0.2) is 0 Å². The van der Waals surface area contributed by atoms with Crippen LogP contribution >= 0.6 is 11.6 Å². The molecule has 0 radical (unpaired) electrons. The summed E-state index contributed by atoms with van der Waals surface area (Å²) in [4.78, 5) is 14.7. The van der Waals surface area contributed by atoms with Crippen molar-refractivity contribution in [3.63, 3.8) is 0 Å². The number of hydrogen-bond acceptors (Lipinski definition) is 2. The van der Waals surface area contributed by atoms with Crippen LogP contribution in [-0.4, -0.2) is 36.0 Å². The zero-order valence-electron chi connectivity index (χ0n) is 12.4. The van der Waals surface area contributed by atoms with Crippen LogP contribution in [0, 0.1) is 6.92 Å². The summed E-state index contributed by atoms with van der Waals surface area (Å²) in [5.74, 6) is 0.0300. The first-order valence-corrected chi connectivity index (χ1v) is 7.68. The molecule has 0 saturated carbocycles. The average Bonchev–Trinajstić information content (AvgIpc) is 2.91. The standard InChI is InChI=1S/C16H23ClN2O/c1-11(2)19(10-13-7-5-9-18-13)16(20)14-8-4-6-12(3)15(14)17/h4,6,8,11,13,18H,5,7,9-10H2,1-3H3. The first-order chi connectivity index (χ1) is 9.50. The van der Waals surface area contributed by atoms with E-state index in [1.165, 1.54) is 6.42 Å². The second-order valence-corrected chi connectivity index (χ2v) is 6.16. The number of carbonyl (C=O) groups excluding carboxylic acids is 1. The maximum Gasteiger partial charge on any atom is 0.255 e. The SMILES string of the molecule is Cc1cccc(C(=O)N(CC2CCCN2)C(C)C)c1Cl. The largest absolute Gasteiger partial charge is 0.335 e. The van der Waals surface area contributed by atoms with Crippen LogP contribution < -0.4 is 5.32 Å². The Hall–Kier alpha value is -1.06. The number of halogens is 1. The second kappa shape index (κ2) is 6.59. The molecule has 3 nitrogen and oxygen atoms in total. The summed E-state index contributed by atoms with van der Waals surface area (Å²) >= 11 is 6.29. The molecule has 1 saturated heterocycles. The van der Waals surface area contributed by atoms with Gasteiger partial charge < -0.3 is 10.2 Å². The van der Waals surface area contributed by atoms with Gasteiger partial charge in [-0.2, -0.15) is 0 Å². The minimum absolute atomic E-state index is 0.0300. The summed E-state index contributed by atoms with van der Waals surface area (Å²) in [6.45, 7) is 7.83. The topological polar surface area (TPSA) is 32.3 Å². The van der Waals surface area contributed by atoms with Crippen LogP contribution in [0.4, 0.5) is 0 Å². The molecule has 1 aromatic rings. The number of nitrogens with zero attached hydrogens (tertiary/aromatic N) is 1. The molecule has 1 aromatic carbocycles. The van der Waals surface area contributed by atoms with E-state index in [9.17, 15) is 4.79 Å². The third-order valence-corrected chi connectivity index (χ3v) is 4.39. The summed E-state index contributed by atoms with van der Waals surface area (Å²) in [6, 6.07) is 6.21. The molecule has 0 aromatic heterocycles. The van der Waals surface area contributed by atoms with E-state index in [4.69, 9.17) is 11.6 Å². The quantitative estimate of drug-likeness (QED) is 0.924. The summed E-state index contributed by atoms with van der Waals surface area (Å²) in [5, 5.41) is 4.02. The van der Waals surface area contributed by atoms with Gasteiger partial charge >= 0.3 is 0 Å². The van der Waals surface area contributed by atoms with Crippen LogP contribution in [-0.2, 0) is 0 Å². The van der Waals surface area contributed by atoms with Crippen LogP contribution in [0.25, 0.3) is 0 Å². The summed E-state index contributed by atoms with van der Waals surface area (Å²) in [7, 11) is 0. The van der Waals surface area contributed by atoms with E-state index in [1.807, 2.05) is 30.0 Å². The highest BCUT2D eigenvalue weighted by Gasteiger charge is 2.25. The number of rotatable bonds is 4. The molecule has 2 rings (SSSR count). The molecule has 0 aliphatic carbocycles. The van der Waals surface area contributed by atoms with Gasteiger partial charge in [0, 0.05) is 18.6 Å². The maximum atomic E-state index is 12.8. The van der Waals surface area contributed by atoms with E-state index in [0.717, 1.165) is 25.1 Å². The second-order valence-electron chi connectivity index (χ2n) is 5.78. The highest BCUT2D eigenvalue weighted by atomic mass is 35.5. The van der Waals surface area contributed by atoms with Crippen molar-refractivity contribution in [2.75, 3.05) is 13.1 Å². The molecule has 1 N–H and O–H groups in total. The van der Waals surface area contributed by atoms with Crippen molar-refractivity contribution < 1.29 is 4.79 Å². The van der Waals surface area contributed by atoms with E-state index in [2.05, 4.69) is 19.2 Å². The molecule has 20 heavy (non-hydrogen) atoms. The fourth-order valence-corrected chi connectivity index (χ4v) is 2.85. The first kappa shape index (κ1) is 15.3. The van der Waals surface area contributed by atoms with Crippen LogP contribution in [0.3, 0.4) is 0 Å². The Morgan fingerprint density at radius 1 is 1.50 bits per heavy atom. The van der Waals surface area contributed by atoms with Gasteiger partial charge in [-0.05, 0) is 51.8 Å². The Morgan fingerprint density at radius 3 is 2.85 bits per heavy atom. The fraction of sp³-hybridized carbons (Fsp3) is 0.562. The zero-order chi connectivity index (χ0) is 14.7. The Kier molecular flexibility index (Phi) is 5.06. The van der Waals surface area contributed by atoms with Crippen molar-refractivity contribution in [2.24, 2.45) is 0 Å². The molecule has 1 heterocycles. The Bertz CT molecular complexity index is 481. The number of aryl methyl sites for hydroxylation is 1. The molecule has 1 aliphatic heterocycles. The van der Waals surface area contributed by atoms with Crippen LogP contribution in [0.15, 0.2) is 18.2 Å². The highest BCUT2D eigenvalue weighted by Crippen LogP contribution is 2.23. The number of benzene rings is 1. The maximum absolute atomic E-state index is 12.8. The van der Waals surface area contributed by atoms with Crippen molar-refractivity contribution in [2.45, 2.75) is 45.7 Å². The van der Waals surface area contributed by atoms with Gasteiger partial charge in [0.05, 0.1) is 10.6 Å². The minimum atomic E-state index is 0.0300. The number of hydrogen-bond donors (Lipinski definition) is 1. The van der Waals surface area contributed by atoms with Crippen LogP contribution in [0.2, 0.25) is 5.02 Å². The first-order valence-electron chi connectivity index (χ1n) is 7.30. The fourth-order valence-electron chi connectivity index (χ4n) is 2.65. The lowest BCUT2D eigenvalue weighted by Crippen LogP contribution is -2.44. The number of nitrogens with one attached hydrogen (secondary N) is 1. The van der Waals surface area contributed by atoms with E-state index < -0.39 is 0 Å². The van der Waals surface area contributed by atoms with Crippen molar-refractivity contribution in [3.8, 4) is 0 Å². The lowest BCUT2D eigenvalue weighted by Gasteiger charge is -2.30. The number of carbonyl (C=O) groups is 1. The minimum Gasteiger partial charge on any atom is -0.335 e. The summed E-state index contributed by atoms with van der Waals surface area (Å²) in [5.41, 5.74) is 1.55. The lowest BCUT2D eigenvalue weighted by atomic mass is 10.1. The van der Waals surface area contributed by atoms with Gasteiger partial charge in [0.1, 0.15) is 0 Å². The predicted octanol–water partition coefficient (Wildman–Crippen LogP) is 3.25. The lowest BCUT2D eigenvalue weighted by molar-refractivity contribution is 0.0689. The summed E-state index contributed by atoms with van der Waals surface area (Å²) in [6.07, 6.45) is 2.33. The molecule has 1 fully saturated rings. The van der Waals surface area contributed by atoms with Gasteiger partial charge in [0.2, 0.25) is 0 Å². The van der Waals surface area contributed by atoms with Gasteiger partial charge in [-0.1, -0.05) is 23.7 Å². The smallest absolute Gasteiger partial charge is 0.255 e. The molecule has 1 atom stereocenters. The third kappa shape index (κ3) is 3.33. The normalized spacial score (nSPS) is 18.6. The van der Waals surface area contributed by atoms with Crippen LogP contribution in [0.5, 0.6) is 0 Å². The Labute approximate surface area is 126 Å². The summed E-state index contributed by atoms with van der Waals surface area (Å²) < 4.78 is 0. The molecular weight excluding hydrogens is 272 g/mol. The Morgan fingerprint density at radius 2 is 2.25 bits per heavy atom. The molecule has 1 unspecified atom stereocenters. The van der Waals surface area contributed by atoms with Gasteiger partial charge in [-0.15, -0.1) is 0 Å². The molecule has 0 spiro atoms. The van der Waals surface area contributed by atoms with Crippen molar-refractivity contribution in [1.29, 1.82) is 0 Å². The van der Waals surface area contributed by atoms with E-state index in [-0.39, 0.29) is 11.9 Å². The van der Waals surface area contributed by atoms with Gasteiger partial charge in [0.25, 0.3) is 5.91 Å². The molecular formula is C16H23ClN2O. The highest BCUT2D eigenvalue weighted by molar-refractivity contribution is 6.34. The van der Waals surface area contributed by atoms with Gasteiger partial charge in [-0.3, -0.25) is 4.79 Å². The van der Waals surface area contributed by atoms with Crippen molar-refractivity contribution >= 4 is 17.5 Å². The van der Waals surface area contributed by atoms with E-state index >= 15 is 0 Å². The van der Waals surface area contributed by atoms with Gasteiger partial charge in [-0.25, -0.2) is 0 Å². The average molecular weight is 295 g/mol. The van der Waals surface area contributed by atoms with Crippen LogP contribution in [0.1, 0.15) is 42.6 Å². The van der Waals surface area contributed by atoms with Crippen molar-refractivity contribution in [1.82, 2.24) is 10.2 Å². The van der Waals surface area contributed by atoms with Crippen molar-refractivity contribution in [3.05, 3.63) is 34.3 Å². The number of amides is 1. The monoisotopic (exact) mass is 294 g/mol. The molecule has 0 bridgehead atoms. The molecule has 1 aliphatic rings. The Balaban J connectivity index is 2.19. The molecule has 4 heteroatoms.